The van der Waals surface area contributed by atoms with Crippen LogP contribution in [0.1, 0.15) is 20.8 Å². The summed E-state index contributed by atoms with van der Waals surface area (Å²) in [5.41, 5.74) is 0. The molecule has 0 unspecified atom stereocenters. The molecule has 5 heteroatoms. The van der Waals surface area contributed by atoms with E-state index < -0.39 is 0 Å². The van der Waals surface area contributed by atoms with Crippen molar-refractivity contribution in [2.45, 2.75) is 25.5 Å². The molecule has 1 saturated heterocycles. The predicted molar refractivity (Wildman–Crippen MR) is 89.7 cm³/mol. The average molecular weight is 369 g/mol. The number of guanidine groups is 1. The van der Waals surface area contributed by atoms with E-state index >= 15 is 0 Å². The van der Waals surface area contributed by atoms with Gasteiger partial charge in [-0.1, -0.05) is 6.08 Å². The fraction of sp³-hybridized carbons (Fsp3) is 0.750. The number of thioether (sulfide) groups is 1. The van der Waals surface area contributed by atoms with Gasteiger partial charge in [-0.05, 0) is 20.8 Å². The topological polar surface area (TPSA) is 27.6 Å². The number of aliphatic imine (C=N–C) groups is 1. The molecule has 1 rings (SSSR count). The lowest BCUT2D eigenvalue weighted by Crippen LogP contribution is -2.51. The van der Waals surface area contributed by atoms with E-state index in [0.29, 0.717) is 11.3 Å². The molecule has 1 aliphatic rings. The first-order valence-electron chi connectivity index (χ1n) is 5.87. The van der Waals surface area contributed by atoms with E-state index in [2.05, 4.69) is 42.6 Å². The molecule has 1 fully saturated rings. The van der Waals surface area contributed by atoms with Crippen molar-refractivity contribution in [2.75, 3.05) is 31.9 Å². The van der Waals surface area contributed by atoms with Crippen LogP contribution >= 0.6 is 35.7 Å². The first-order chi connectivity index (χ1) is 7.59. The van der Waals surface area contributed by atoms with Gasteiger partial charge in [0.15, 0.2) is 5.96 Å². The lowest BCUT2D eigenvalue weighted by atomic mass is 10.2. The molecule has 0 amide bonds. The lowest BCUT2D eigenvalue weighted by Gasteiger charge is -2.39. The molecule has 0 aromatic carbocycles. The van der Waals surface area contributed by atoms with E-state index in [1.54, 1.807) is 0 Å². The summed E-state index contributed by atoms with van der Waals surface area (Å²) in [5.74, 6) is 2.20. The summed E-state index contributed by atoms with van der Waals surface area (Å²) in [6.45, 7) is 14.1. The van der Waals surface area contributed by atoms with Gasteiger partial charge in [0.05, 0.1) is 6.54 Å². The van der Waals surface area contributed by atoms with Gasteiger partial charge in [-0.3, -0.25) is 0 Å². The van der Waals surface area contributed by atoms with Crippen LogP contribution in [0.5, 0.6) is 0 Å². The Morgan fingerprint density at radius 3 is 2.82 bits per heavy atom. The van der Waals surface area contributed by atoms with Gasteiger partial charge >= 0.3 is 0 Å². The Bertz CT molecular complexity index is 266. The molecule has 3 nitrogen and oxygen atoms in total. The minimum absolute atomic E-state index is 0. The number of halogens is 1. The second-order valence-corrected chi connectivity index (χ2v) is 6.32. The first-order valence-corrected chi connectivity index (χ1v) is 6.86. The summed E-state index contributed by atoms with van der Waals surface area (Å²) in [7, 11) is 0. The standard InChI is InChI=1S/C12H23N3S.HI/c1-5-7-14-11(13-6-2)15-8-9-16-12(3,4)10-15;/h5H,1,6-10H2,2-4H3,(H,13,14);1H. The molecule has 100 valence electrons. The third kappa shape index (κ3) is 5.99. The van der Waals surface area contributed by atoms with E-state index in [9.17, 15) is 0 Å². The lowest BCUT2D eigenvalue weighted by molar-refractivity contribution is 0.376. The first kappa shape index (κ1) is 17.1. The maximum atomic E-state index is 4.53. The Balaban J connectivity index is 0.00000256. The van der Waals surface area contributed by atoms with Crippen molar-refractivity contribution in [1.29, 1.82) is 0 Å². The second-order valence-electron chi connectivity index (χ2n) is 4.51. The average Bonchev–Trinajstić information content (AvgIpc) is 2.22. The summed E-state index contributed by atoms with van der Waals surface area (Å²) in [4.78, 5) is 6.88. The van der Waals surface area contributed by atoms with Gasteiger partial charge in [0.2, 0.25) is 0 Å². The molecule has 1 heterocycles. The van der Waals surface area contributed by atoms with Crippen molar-refractivity contribution < 1.29 is 0 Å². The SMILES string of the molecule is C=CCN=C(NCC)N1CCSC(C)(C)C1.I. The van der Waals surface area contributed by atoms with Crippen molar-refractivity contribution in [3.8, 4) is 0 Å². The highest BCUT2D eigenvalue weighted by Gasteiger charge is 2.28. The largest absolute Gasteiger partial charge is 0.357 e. The minimum atomic E-state index is 0. The Kier molecular flexibility index (Phi) is 8.28. The van der Waals surface area contributed by atoms with Crippen LogP contribution in [0.4, 0.5) is 0 Å². The molecule has 1 N–H and O–H groups in total. The van der Waals surface area contributed by atoms with Gasteiger partial charge in [-0.25, -0.2) is 4.99 Å². The molecule has 0 aromatic heterocycles. The minimum Gasteiger partial charge on any atom is -0.357 e. The van der Waals surface area contributed by atoms with E-state index in [1.165, 1.54) is 5.75 Å². The van der Waals surface area contributed by atoms with Gasteiger partial charge in [0, 0.05) is 30.1 Å². The van der Waals surface area contributed by atoms with Gasteiger partial charge < -0.3 is 10.2 Å². The third-order valence-electron chi connectivity index (χ3n) is 2.43. The molecule has 17 heavy (non-hydrogen) atoms. The second kappa shape index (κ2) is 8.24. The highest BCUT2D eigenvalue weighted by molar-refractivity contribution is 14.0. The molecule has 0 aliphatic carbocycles. The van der Waals surface area contributed by atoms with E-state index in [0.717, 1.165) is 25.6 Å². The Labute approximate surface area is 127 Å². The van der Waals surface area contributed by atoms with Gasteiger partial charge in [-0.2, -0.15) is 11.8 Å². The number of hydrogen-bond donors (Lipinski definition) is 1. The highest BCUT2D eigenvalue weighted by Crippen LogP contribution is 2.29. The zero-order chi connectivity index (χ0) is 12.0. The van der Waals surface area contributed by atoms with E-state index in [1.807, 2.05) is 17.8 Å². The molecular formula is C12H24IN3S. The Morgan fingerprint density at radius 2 is 2.29 bits per heavy atom. The molecule has 0 aromatic rings. The smallest absolute Gasteiger partial charge is 0.194 e. The normalized spacial score (nSPS) is 19.5. The summed E-state index contributed by atoms with van der Waals surface area (Å²) < 4.78 is 0.322. The van der Waals surface area contributed by atoms with Crippen LogP contribution in [0.25, 0.3) is 0 Å². The van der Waals surface area contributed by atoms with Crippen LogP contribution in [-0.2, 0) is 0 Å². The molecule has 0 radical (unpaired) electrons. The zero-order valence-electron chi connectivity index (χ0n) is 11.0. The van der Waals surface area contributed by atoms with Crippen LogP contribution in [0, 0.1) is 0 Å². The summed E-state index contributed by atoms with van der Waals surface area (Å²) >= 11 is 2.04. The van der Waals surface area contributed by atoms with Gasteiger partial charge in [0.25, 0.3) is 0 Å². The van der Waals surface area contributed by atoms with E-state index in [4.69, 9.17) is 0 Å². The quantitative estimate of drug-likeness (QED) is 0.359. The summed E-state index contributed by atoms with van der Waals surface area (Å²) in [6, 6.07) is 0. The molecule has 1 aliphatic heterocycles. The summed E-state index contributed by atoms with van der Waals surface area (Å²) in [6.07, 6.45) is 1.83. The third-order valence-corrected chi connectivity index (χ3v) is 3.73. The van der Waals surface area contributed by atoms with Crippen LogP contribution in [0.3, 0.4) is 0 Å². The van der Waals surface area contributed by atoms with Crippen LogP contribution in [-0.4, -0.2) is 47.5 Å². The van der Waals surface area contributed by atoms with Crippen LogP contribution in [0.15, 0.2) is 17.6 Å². The number of hydrogen-bond acceptors (Lipinski definition) is 2. The van der Waals surface area contributed by atoms with Gasteiger partial charge in [0.1, 0.15) is 0 Å². The predicted octanol–water partition coefficient (Wildman–Crippen LogP) is 2.58. The molecule has 0 atom stereocenters. The van der Waals surface area contributed by atoms with Crippen LogP contribution in [0.2, 0.25) is 0 Å². The van der Waals surface area contributed by atoms with Gasteiger partial charge in [-0.15, -0.1) is 30.6 Å². The number of nitrogens with zero attached hydrogens (tertiary/aromatic N) is 2. The number of rotatable bonds is 3. The van der Waals surface area contributed by atoms with Crippen LogP contribution < -0.4 is 5.32 Å². The zero-order valence-corrected chi connectivity index (χ0v) is 14.2. The maximum absolute atomic E-state index is 4.53. The fourth-order valence-corrected chi connectivity index (χ4v) is 2.89. The van der Waals surface area contributed by atoms with E-state index in [-0.39, 0.29) is 24.0 Å². The van der Waals surface area contributed by atoms with Crippen molar-refractivity contribution in [3.05, 3.63) is 12.7 Å². The Hall–Kier alpha value is 0.0900. The van der Waals surface area contributed by atoms with Crippen molar-refractivity contribution in [2.24, 2.45) is 4.99 Å². The molecule has 0 saturated carbocycles. The fourth-order valence-electron chi connectivity index (χ4n) is 1.77. The number of nitrogens with one attached hydrogen (secondary N) is 1. The highest BCUT2D eigenvalue weighted by atomic mass is 127. The maximum Gasteiger partial charge on any atom is 0.194 e. The van der Waals surface area contributed by atoms with Crippen molar-refractivity contribution in [3.63, 3.8) is 0 Å². The van der Waals surface area contributed by atoms with Crippen molar-refractivity contribution >= 4 is 41.7 Å². The molecule has 0 bridgehead atoms. The van der Waals surface area contributed by atoms with Crippen molar-refractivity contribution in [1.82, 2.24) is 10.2 Å². The molecular weight excluding hydrogens is 345 g/mol. The Morgan fingerprint density at radius 1 is 1.59 bits per heavy atom. The summed E-state index contributed by atoms with van der Waals surface area (Å²) in [5, 5.41) is 3.34. The molecule has 0 spiro atoms. The monoisotopic (exact) mass is 369 g/mol.